The van der Waals surface area contributed by atoms with Crippen LogP contribution in [-0.4, -0.2) is 35.8 Å². The number of rotatable bonds is 6. The molecular formula is C16H27N3O2. The Hall–Kier alpha value is -1.04. The third-order valence-electron chi connectivity index (χ3n) is 3.73. The van der Waals surface area contributed by atoms with E-state index in [-0.39, 0.29) is 5.60 Å². The first-order valence-corrected chi connectivity index (χ1v) is 7.86. The van der Waals surface area contributed by atoms with Gasteiger partial charge in [-0.3, -0.25) is 0 Å². The van der Waals surface area contributed by atoms with Gasteiger partial charge < -0.3 is 14.8 Å². The van der Waals surface area contributed by atoms with E-state index < -0.39 is 0 Å². The van der Waals surface area contributed by atoms with Crippen LogP contribution in [0.4, 0.5) is 0 Å². The molecule has 2 heterocycles. The molecule has 0 spiro atoms. The summed E-state index contributed by atoms with van der Waals surface area (Å²) in [6.45, 7) is 11.1. The van der Waals surface area contributed by atoms with Crippen molar-refractivity contribution in [3.63, 3.8) is 0 Å². The Bertz CT molecular complexity index is 451. The van der Waals surface area contributed by atoms with Gasteiger partial charge in [0.15, 0.2) is 5.82 Å². The van der Waals surface area contributed by atoms with Gasteiger partial charge in [0.1, 0.15) is 5.60 Å². The van der Waals surface area contributed by atoms with Crippen LogP contribution in [0.5, 0.6) is 0 Å². The van der Waals surface area contributed by atoms with E-state index in [1.165, 1.54) is 0 Å². The zero-order valence-corrected chi connectivity index (χ0v) is 13.6. The van der Waals surface area contributed by atoms with Gasteiger partial charge in [-0.25, -0.2) is 9.97 Å². The lowest BCUT2D eigenvalue weighted by atomic mass is 9.92. The van der Waals surface area contributed by atoms with Crippen LogP contribution < -0.4 is 5.32 Å². The van der Waals surface area contributed by atoms with Crippen LogP contribution in [0, 0.1) is 6.92 Å². The quantitative estimate of drug-likeness (QED) is 0.872. The van der Waals surface area contributed by atoms with Crippen molar-refractivity contribution in [1.82, 2.24) is 15.3 Å². The molecule has 1 aromatic rings. The van der Waals surface area contributed by atoms with Crippen LogP contribution in [0.2, 0.25) is 0 Å². The van der Waals surface area contributed by atoms with E-state index in [4.69, 9.17) is 14.5 Å². The second-order valence-electron chi connectivity index (χ2n) is 5.90. The van der Waals surface area contributed by atoms with Crippen molar-refractivity contribution in [2.45, 2.75) is 58.7 Å². The summed E-state index contributed by atoms with van der Waals surface area (Å²) < 4.78 is 11.6. The van der Waals surface area contributed by atoms with Crippen molar-refractivity contribution in [3.8, 4) is 0 Å². The Balaban J connectivity index is 2.27. The van der Waals surface area contributed by atoms with Gasteiger partial charge in [0.25, 0.3) is 0 Å². The van der Waals surface area contributed by atoms with Gasteiger partial charge in [-0.1, -0.05) is 13.8 Å². The van der Waals surface area contributed by atoms with Gasteiger partial charge >= 0.3 is 0 Å². The number of aryl methyl sites for hydroxylation is 1. The molecule has 0 atom stereocenters. The van der Waals surface area contributed by atoms with Crippen LogP contribution >= 0.6 is 0 Å². The number of hydrogen-bond donors (Lipinski definition) is 1. The lowest BCUT2D eigenvalue weighted by molar-refractivity contribution is -0.118. The fraction of sp³-hybridized carbons (Fsp3) is 0.750. The summed E-state index contributed by atoms with van der Waals surface area (Å²) in [6.07, 6.45) is 1.64. The highest BCUT2D eigenvalue weighted by Gasteiger charge is 2.38. The SMILES string of the molecule is CCOC1(c2nc(C)cc(CNC(C)C)n2)CCOCC1. The van der Waals surface area contributed by atoms with Crippen molar-refractivity contribution in [2.24, 2.45) is 0 Å². The molecule has 1 aromatic heterocycles. The molecule has 0 saturated carbocycles. The van der Waals surface area contributed by atoms with Crippen molar-refractivity contribution >= 4 is 0 Å². The molecular weight excluding hydrogens is 266 g/mol. The molecule has 0 unspecified atom stereocenters. The second kappa shape index (κ2) is 7.29. The molecule has 1 saturated heterocycles. The van der Waals surface area contributed by atoms with Gasteiger partial charge in [-0.15, -0.1) is 0 Å². The number of hydrogen-bond acceptors (Lipinski definition) is 5. The molecule has 118 valence electrons. The lowest BCUT2D eigenvalue weighted by Crippen LogP contribution is -2.39. The number of aromatic nitrogens is 2. The summed E-state index contributed by atoms with van der Waals surface area (Å²) in [4.78, 5) is 9.42. The third-order valence-corrected chi connectivity index (χ3v) is 3.73. The molecule has 1 aliphatic rings. The van der Waals surface area contributed by atoms with E-state index in [1.807, 2.05) is 19.9 Å². The van der Waals surface area contributed by atoms with E-state index in [0.29, 0.717) is 25.9 Å². The van der Waals surface area contributed by atoms with Crippen molar-refractivity contribution < 1.29 is 9.47 Å². The van der Waals surface area contributed by atoms with E-state index in [0.717, 1.165) is 36.6 Å². The van der Waals surface area contributed by atoms with Crippen molar-refractivity contribution in [3.05, 3.63) is 23.3 Å². The van der Waals surface area contributed by atoms with Crippen molar-refractivity contribution in [1.29, 1.82) is 0 Å². The normalized spacial score (nSPS) is 18.1. The van der Waals surface area contributed by atoms with Gasteiger partial charge in [0, 0.05) is 50.9 Å². The zero-order valence-electron chi connectivity index (χ0n) is 13.6. The molecule has 2 rings (SSSR count). The topological polar surface area (TPSA) is 56.3 Å². The molecule has 1 fully saturated rings. The maximum atomic E-state index is 6.07. The van der Waals surface area contributed by atoms with Gasteiger partial charge in [0.2, 0.25) is 0 Å². The van der Waals surface area contributed by atoms with Crippen LogP contribution in [0.15, 0.2) is 6.07 Å². The molecule has 0 bridgehead atoms. The van der Waals surface area contributed by atoms with E-state index in [2.05, 4.69) is 24.1 Å². The Morgan fingerprint density at radius 2 is 2.05 bits per heavy atom. The predicted octanol–water partition coefficient (Wildman–Crippen LogP) is 2.33. The minimum absolute atomic E-state index is 0.383. The number of ether oxygens (including phenoxy) is 2. The molecule has 0 aromatic carbocycles. The highest BCUT2D eigenvalue weighted by Crippen LogP contribution is 2.34. The fourth-order valence-electron chi connectivity index (χ4n) is 2.65. The Morgan fingerprint density at radius 1 is 1.33 bits per heavy atom. The smallest absolute Gasteiger partial charge is 0.160 e. The monoisotopic (exact) mass is 293 g/mol. The van der Waals surface area contributed by atoms with Crippen LogP contribution in [-0.2, 0) is 21.6 Å². The summed E-state index contributed by atoms with van der Waals surface area (Å²) in [5.41, 5.74) is 1.63. The molecule has 5 nitrogen and oxygen atoms in total. The first kappa shape index (κ1) is 16.3. The highest BCUT2D eigenvalue weighted by atomic mass is 16.5. The van der Waals surface area contributed by atoms with E-state index in [1.54, 1.807) is 0 Å². The number of nitrogens with zero attached hydrogens (tertiary/aromatic N) is 2. The molecule has 0 amide bonds. The zero-order chi connectivity index (χ0) is 15.3. The summed E-state index contributed by atoms with van der Waals surface area (Å²) in [6, 6.07) is 2.48. The van der Waals surface area contributed by atoms with Gasteiger partial charge in [0.05, 0.1) is 5.69 Å². The van der Waals surface area contributed by atoms with Crippen molar-refractivity contribution in [2.75, 3.05) is 19.8 Å². The molecule has 5 heteroatoms. The summed E-state index contributed by atoms with van der Waals surface area (Å²) in [5, 5.41) is 3.41. The first-order valence-electron chi connectivity index (χ1n) is 7.86. The first-order chi connectivity index (χ1) is 10.1. The Morgan fingerprint density at radius 3 is 2.67 bits per heavy atom. The number of nitrogens with one attached hydrogen (secondary N) is 1. The summed E-state index contributed by atoms with van der Waals surface area (Å²) in [5.74, 6) is 0.813. The Labute approximate surface area is 127 Å². The maximum Gasteiger partial charge on any atom is 0.160 e. The van der Waals surface area contributed by atoms with E-state index in [9.17, 15) is 0 Å². The minimum atomic E-state index is -0.383. The molecule has 1 N–H and O–H groups in total. The average molecular weight is 293 g/mol. The van der Waals surface area contributed by atoms with E-state index >= 15 is 0 Å². The van der Waals surface area contributed by atoms with Gasteiger partial charge in [-0.2, -0.15) is 0 Å². The lowest BCUT2D eigenvalue weighted by Gasteiger charge is -2.35. The fourth-order valence-corrected chi connectivity index (χ4v) is 2.65. The molecule has 0 radical (unpaired) electrons. The van der Waals surface area contributed by atoms with Crippen LogP contribution in [0.1, 0.15) is 50.8 Å². The molecule has 21 heavy (non-hydrogen) atoms. The highest BCUT2D eigenvalue weighted by molar-refractivity contribution is 5.15. The largest absolute Gasteiger partial charge is 0.381 e. The standard InChI is InChI=1S/C16H27N3O2/c1-5-21-16(6-8-20-9-7-16)15-18-13(4)10-14(19-15)11-17-12(2)3/h10,12,17H,5-9,11H2,1-4H3. The summed E-state index contributed by atoms with van der Waals surface area (Å²) >= 11 is 0. The summed E-state index contributed by atoms with van der Waals surface area (Å²) in [7, 11) is 0. The predicted molar refractivity (Wildman–Crippen MR) is 82.1 cm³/mol. The van der Waals surface area contributed by atoms with Crippen LogP contribution in [0.3, 0.4) is 0 Å². The molecule has 1 aliphatic heterocycles. The second-order valence-corrected chi connectivity index (χ2v) is 5.90. The molecule has 0 aliphatic carbocycles. The maximum absolute atomic E-state index is 6.07. The van der Waals surface area contributed by atoms with Gasteiger partial charge in [-0.05, 0) is 19.9 Å². The van der Waals surface area contributed by atoms with Crippen LogP contribution in [0.25, 0.3) is 0 Å². The Kier molecular flexibility index (Phi) is 5.67. The average Bonchev–Trinajstić information content (AvgIpc) is 2.46. The minimum Gasteiger partial charge on any atom is -0.381 e. The third kappa shape index (κ3) is 4.22.